The van der Waals surface area contributed by atoms with Gasteiger partial charge in [0.05, 0.1) is 12.2 Å². The highest BCUT2D eigenvalue weighted by Crippen LogP contribution is 2.34. The molecule has 0 aromatic carbocycles. The number of nitrogens with zero attached hydrogens (tertiary/aromatic N) is 5. The van der Waals surface area contributed by atoms with Crippen molar-refractivity contribution in [2.24, 2.45) is 7.05 Å². The Morgan fingerprint density at radius 3 is 2.68 bits per heavy atom. The van der Waals surface area contributed by atoms with Gasteiger partial charge in [0.15, 0.2) is 5.69 Å². The number of esters is 1. The van der Waals surface area contributed by atoms with Crippen LogP contribution < -0.4 is 4.90 Å². The maximum Gasteiger partial charge on any atom is 0.359 e. The first kappa shape index (κ1) is 18.5. The summed E-state index contributed by atoms with van der Waals surface area (Å²) in [6.07, 6.45) is 4.97. The van der Waals surface area contributed by atoms with Gasteiger partial charge in [-0.3, -0.25) is 4.68 Å². The van der Waals surface area contributed by atoms with E-state index in [-0.39, 0.29) is 0 Å². The van der Waals surface area contributed by atoms with Gasteiger partial charge in [0.2, 0.25) is 0 Å². The molecule has 0 atom stereocenters. The SMILES string of the molecule is CCOC(=O)c1nn(C)c2c1CN(c1nc(C)c3c(c1C#N)CCCC3)CC2. The number of fused-ring (bicyclic) bond motifs is 2. The molecule has 0 N–H and O–H groups in total. The minimum atomic E-state index is -0.392. The minimum absolute atomic E-state index is 0.318. The summed E-state index contributed by atoms with van der Waals surface area (Å²) >= 11 is 0. The van der Waals surface area contributed by atoms with Gasteiger partial charge in [0.1, 0.15) is 11.9 Å². The average Bonchev–Trinajstić information content (AvgIpc) is 3.04. The predicted molar refractivity (Wildman–Crippen MR) is 104 cm³/mol. The quantitative estimate of drug-likeness (QED) is 0.762. The van der Waals surface area contributed by atoms with E-state index >= 15 is 0 Å². The first-order valence-corrected chi connectivity index (χ1v) is 9.94. The van der Waals surface area contributed by atoms with Crippen molar-refractivity contribution in [3.05, 3.63) is 39.3 Å². The highest BCUT2D eigenvalue weighted by Gasteiger charge is 2.31. The smallest absolute Gasteiger partial charge is 0.359 e. The van der Waals surface area contributed by atoms with E-state index < -0.39 is 5.97 Å². The molecule has 7 nitrogen and oxygen atoms in total. The summed E-state index contributed by atoms with van der Waals surface area (Å²) in [7, 11) is 1.86. The number of carbonyl (C=O) groups is 1. The van der Waals surface area contributed by atoms with Crippen molar-refractivity contribution < 1.29 is 9.53 Å². The molecule has 146 valence electrons. The maximum absolute atomic E-state index is 12.4. The van der Waals surface area contributed by atoms with Crippen molar-refractivity contribution in [1.82, 2.24) is 14.8 Å². The first-order chi connectivity index (χ1) is 13.5. The lowest BCUT2D eigenvalue weighted by molar-refractivity contribution is 0.0517. The van der Waals surface area contributed by atoms with E-state index in [0.29, 0.717) is 24.4 Å². The Morgan fingerprint density at radius 1 is 1.21 bits per heavy atom. The minimum Gasteiger partial charge on any atom is -0.461 e. The number of hydrogen-bond acceptors (Lipinski definition) is 6. The molecule has 28 heavy (non-hydrogen) atoms. The molecule has 3 heterocycles. The highest BCUT2D eigenvalue weighted by molar-refractivity contribution is 5.89. The molecule has 0 saturated heterocycles. The van der Waals surface area contributed by atoms with E-state index in [1.165, 1.54) is 11.1 Å². The van der Waals surface area contributed by atoms with Crippen LogP contribution in [0.1, 0.15) is 63.9 Å². The van der Waals surface area contributed by atoms with Gasteiger partial charge >= 0.3 is 5.97 Å². The van der Waals surface area contributed by atoms with E-state index in [9.17, 15) is 10.1 Å². The topological polar surface area (TPSA) is 84.0 Å². The second kappa shape index (κ2) is 7.27. The highest BCUT2D eigenvalue weighted by atomic mass is 16.5. The number of anilines is 1. The molecule has 0 saturated carbocycles. The first-order valence-electron chi connectivity index (χ1n) is 9.94. The third-order valence-electron chi connectivity index (χ3n) is 5.83. The molecule has 1 aliphatic heterocycles. The molecule has 0 fully saturated rings. The summed E-state index contributed by atoms with van der Waals surface area (Å²) < 4.78 is 6.96. The fourth-order valence-corrected chi connectivity index (χ4v) is 4.48. The average molecular weight is 379 g/mol. The van der Waals surface area contributed by atoms with Crippen LogP contribution in [0.25, 0.3) is 0 Å². The summed E-state index contributed by atoms with van der Waals surface area (Å²) in [5.41, 5.74) is 6.44. The Bertz CT molecular complexity index is 986. The normalized spacial score (nSPS) is 15.6. The maximum atomic E-state index is 12.4. The van der Waals surface area contributed by atoms with Crippen LogP contribution in [-0.2, 0) is 37.6 Å². The Labute approximate surface area is 164 Å². The second-order valence-electron chi connectivity index (χ2n) is 7.46. The van der Waals surface area contributed by atoms with Gasteiger partial charge in [-0.05, 0) is 50.7 Å². The van der Waals surface area contributed by atoms with Crippen LogP contribution >= 0.6 is 0 Å². The van der Waals surface area contributed by atoms with Gasteiger partial charge in [-0.2, -0.15) is 10.4 Å². The molecule has 0 unspecified atom stereocenters. The third kappa shape index (κ3) is 2.93. The largest absolute Gasteiger partial charge is 0.461 e. The Morgan fingerprint density at radius 2 is 1.96 bits per heavy atom. The lowest BCUT2D eigenvalue weighted by atomic mass is 9.87. The molecule has 1 aliphatic carbocycles. The standard InChI is InChI=1S/C21H25N5O2/c1-4-28-21(27)19-17-12-26(10-9-18(17)25(3)24-19)20-16(11-22)15-8-6-5-7-14(15)13(2)23-20/h4-10,12H2,1-3H3. The van der Waals surface area contributed by atoms with Crippen molar-refractivity contribution in [3.8, 4) is 6.07 Å². The van der Waals surface area contributed by atoms with Crippen LogP contribution in [0.15, 0.2) is 0 Å². The van der Waals surface area contributed by atoms with Crippen LogP contribution in [-0.4, -0.2) is 33.9 Å². The lowest BCUT2D eigenvalue weighted by Crippen LogP contribution is -2.33. The van der Waals surface area contributed by atoms with E-state index in [1.807, 2.05) is 14.0 Å². The van der Waals surface area contributed by atoms with E-state index in [0.717, 1.165) is 61.4 Å². The van der Waals surface area contributed by atoms with Gasteiger partial charge in [0, 0.05) is 43.5 Å². The van der Waals surface area contributed by atoms with Crippen molar-refractivity contribution in [2.75, 3.05) is 18.1 Å². The molecular formula is C21H25N5O2. The van der Waals surface area contributed by atoms with Crippen molar-refractivity contribution in [3.63, 3.8) is 0 Å². The number of ether oxygens (including phenoxy) is 1. The molecule has 0 radical (unpaired) electrons. The summed E-state index contributed by atoms with van der Waals surface area (Å²) in [6.45, 7) is 5.40. The molecule has 2 aromatic heterocycles. The van der Waals surface area contributed by atoms with Gasteiger partial charge in [-0.15, -0.1) is 0 Å². The number of hydrogen-bond donors (Lipinski definition) is 0. The number of rotatable bonds is 3. The van der Waals surface area contributed by atoms with Crippen LogP contribution in [0.2, 0.25) is 0 Å². The van der Waals surface area contributed by atoms with E-state index in [4.69, 9.17) is 9.72 Å². The molecule has 0 amide bonds. The molecule has 7 heteroatoms. The molecule has 2 aromatic rings. The predicted octanol–water partition coefficient (Wildman–Crippen LogP) is 2.61. The third-order valence-corrected chi connectivity index (χ3v) is 5.83. The Kier molecular flexibility index (Phi) is 4.80. The summed E-state index contributed by atoms with van der Waals surface area (Å²) in [4.78, 5) is 19.3. The van der Waals surface area contributed by atoms with Gasteiger partial charge in [-0.25, -0.2) is 9.78 Å². The van der Waals surface area contributed by atoms with Crippen molar-refractivity contribution >= 4 is 11.8 Å². The molecular weight excluding hydrogens is 354 g/mol. The molecule has 4 rings (SSSR count). The van der Waals surface area contributed by atoms with Gasteiger partial charge in [0.25, 0.3) is 0 Å². The van der Waals surface area contributed by atoms with E-state index in [1.54, 1.807) is 11.6 Å². The fraction of sp³-hybridized carbons (Fsp3) is 0.524. The number of nitriles is 1. The number of aryl methyl sites for hydroxylation is 2. The summed E-state index contributed by atoms with van der Waals surface area (Å²) in [5, 5.41) is 14.3. The molecule has 0 spiro atoms. The molecule has 2 aliphatic rings. The Balaban J connectivity index is 1.75. The van der Waals surface area contributed by atoms with Gasteiger partial charge < -0.3 is 9.64 Å². The molecule has 0 bridgehead atoms. The monoisotopic (exact) mass is 379 g/mol. The van der Waals surface area contributed by atoms with Crippen LogP contribution in [0, 0.1) is 18.3 Å². The van der Waals surface area contributed by atoms with Crippen molar-refractivity contribution in [2.45, 2.75) is 52.5 Å². The number of aromatic nitrogens is 3. The van der Waals surface area contributed by atoms with Crippen LogP contribution in [0.3, 0.4) is 0 Å². The van der Waals surface area contributed by atoms with Gasteiger partial charge in [-0.1, -0.05) is 0 Å². The lowest BCUT2D eigenvalue weighted by Gasteiger charge is -2.31. The number of pyridine rings is 1. The fourth-order valence-electron chi connectivity index (χ4n) is 4.48. The summed E-state index contributed by atoms with van der Waals surface area (Å²) in [6, 6.07) is 2.42. The zero-order chi connectivity index (χ0) is 19.8. The summed E-state index contributed by atoms with van der Waals surface area (Å²) in [5.74, 6) is 0.348. The van der Waals surface area contributed by atoms with Crippen molar-refractivity contribution in [1.29, 1.82) is 5.26 Å². The second-order valence-corrected chi connectivity index (χ2v) is 7.46. The van der Waals surface area contributed by atoms with Crippen LogP contribution in [0.4, 0.5) is 5.82 Å². The van der Waals surface area contributed by atoms with Crippen LogP contribution in [0.5, 0.6) is 0 Å². The Hall–Kier alpha value is -2.88. The zero-order valence-electron chi connectivity index (χ0n) is 16.7. The zero-order valence-corrected chi connectivity index (χ0v) is 16.7. The number of carbonyl (C=O) groups excluding carboxylic acids is 1. The van der Waals surface area contributed by atoms with E-state index in [2.05, 4.69) is 16.1 Å².